The van der Waals surface area contributed by atoms with Gasteiger partial charge in [-0.15, -0.1) is 0 Å². The molecular weight excluding hydrogens is 238 g/mol. The van der Waals surface area contributed by atoms with E-state index in [2.05, 4.69) is 21.4 Å². The fourth-order valence-electron chi connectivity index (χ4n) is 1.98. The molecule has 0 spiro atoms. The quantitative estimate of drug-likeness (QED) is 0.891. The predicted octanol–water partition coefficient (Wildman–Crippen LogP) is 2.40. The van der Waals surface area contributed by atoms with Gasteiger partial charge in [-0.2, -0.15) is 0 Å². The van der Waals surface area contributed by atoms with E-state index in [4.69, 9.17) is 4.74 Å². The van der Waals surface area contributed by atoms with Crippen LogP contribution in [0, 0.1) is 0 Å². The second-order valence-corrected chi connectivity index (χ2v) is 4.85. The van der Waals surface area contributed by atoms with Crippen molar-refractivity contribution >= 4 is 0 Å². The Hall–Kier alpha value is -1.94. The number of pyridine rings is 2. The molecule has 0 saturated heterocycles. The molecule has 0 amide bonds. The highest BCUT2D eigenvalue weighted by molar-refractivity contribution is 5.63. The largest absolute Gasteiger partial charge is 0.495 e. The van der Waals surface area contributed by atoms with Crippen LogP contribution >= 0.6 is 0 Å². The number of nitrogens with zero attached hydrogens (tertiary/aromatic N) is 2. The van der Waals surface area contributed by atoms with Crippen LogP contribution in [0.15, 0.2) is 36.9 Å². The molecule has 4 heteroatoms. The maximum absolute atomic E-state index is 5.20. The SMILES string of the molecule is COc1cncc(-c2cncc(CNC3CC3)c2)c1. The van der Waals surface area contributed by atoms with Gasteiger partial charge in [0.15, 0.2) is 0 Å². The number of methoxy groups -OCH3 is 1. The minimum atomic E-state index is 0.710. The standard InChI is InChI=1S/C15H17N3O/c1-19-15-5-13(9-17-10-15)12-4-11(6-16-8-12)7-18-14-2-3-14/h4-6,8-10,14,18H,2-3,7H2,1H3. The molecule has 0 radical (unpaired) electrons. The zero-order valence-corrected chi connectivity index (χ0v) is 11.0. The third-order valence-corrected chi connectivity index (χ3v) is 3.25. The Labute approximate surface area is 112 Å². The van der Waals surface area contributed by atoms with Gasteiger partial charge in [-0.25, -0.2) is 0 Å². The molecule has 2 aromatic heterocycles. The van der Waals surface area contributed by atoms with Crippen molar-refractivity contribution in [3.05, 3.63) is 42.5 Å². The van der Waals surface area contributed by atoms with E-state index >= 15 is 0 Å². The lowest BCUT2D eigenvalue weighted by Gasteiger charge is -2.07. The lowest BCUT2D eigenvalue weighted by atomic mass is 10.1. The van der Waals surface area contributed by atoms with E-state index in [0.29, 0.717) is 6.04 Å². The average molecular weight is 255 g/mol. The molecule has 0 aromatic carbocycles. The number of aromatic nitrogens is 2. The summed E-state index contributed by atoms with van der Waals surface area (Å²) < 4.78 is 5.20. The van der Waals surface area contributed by atoms with Crippen molar-refractivity contribution in [3.8, 4) is 16.9 Å². The van der Waals surface area contributed by atoms with Crippen LogP contribution in [0.1, 0.15) is 18.4 Å². The van der Waals surface area contributed by atoms with Crippen molar-refractivity contribution < 1.29 is 4.74 Å². The van der Waals surface area contributed by atoms with Crippen LogP contribution < -0.4 is 10.1 Å². The topological polar surface area (TPSA) is 47.0 Å². The second-order valence-electron chi connectivity index (χ2n) is 4.85. The Balaban J connectivity index is 1.80. The summed E-state index contributed by atoms with van der Waals surface area (Å²) in [6.07, 6.45) is 9.90. The highest BCUT2D eigenvalue weighted by Gasteiger charge is 2.19. The zero-order valence-electron chi connectivity index (χ0n) is 11.0. The van der Waals surface area contributed by atoms with Crippen LogP contribution in [0.4, 0.5) is 0 Å². The van der Waals surface area contributed by atoms with Gasteiger partial charge in [0.1, 0.15) is 5.75 Å². The second kappa shape index (κ2) is 5.36. The molecule has 1 aliphatic carbocycles. The van der Waals surface area contributed by atoms with Crippen LogP contribution in [-0.4, -0.2) is 23.1 Å². The summed E-state index contributed by atoms with van der Waals surface area (Å²) in [5.41, 5.74) is 3.30. The van der Waals surface area contributed by atoms with Gasteiger partial charge in [0, 0.05) is 42.3 Å². The van der Waals surface area contributed by atoms with Gasteiger partial charge in [-0.1, -0.05) is 0 Å². The Morgan fingerprint density at radius 1 is 1.11 bits per heavy atom. The summed E-state index contributed by atoms with van der Waals surface area (Å²) in [7, 11) is 1.65. The molecule has 2 heterocycles. The highest BCUT2D eigenvalue weighted by Crippen LogP contribution is 2.23. The maximum atomic E-state index is 5.20. The summed E-state index contributed by atoms with van der Waals surface area (Å²) in [4.78, 5) is 8.48. The summed E-state index contributed by atoms with van der Waals surface area (Å²) in [6.45, 7) is 0.878. The molecule has 1 N–H and O–H groups in total. The van der Waals surface area contributed by atoms with Crippen LogP contribution in [0.3, 0.4) is 0 Å². The molecule has 0 bridgehead atoms. The Morgan fingerprint density at radius 2 is 1.84 bits per heavy atom. The van der Waals surface area contributed by atoms with Crippen LogP contribution in [0.2, 0.25) is 0 Å². The van der Waals surface area contributed by atoms with Gasteiger partial charge in [-0.05, 0) is 30.5 Å². The predicted molar refractivity (Wildman–Crippen MR) is 73.9 cm³/mol. The van der Waals surface area contributed by atoms with Gasteiger partial charge in [0.25, 0.3) is 0 Å². The van der Waals surface area contributed by atoms with E-state index in [-0.39, 0.29) is 0 Å². The lowest BCUT2D eigenvalue weighted by Crippen LogP contribution is -2.15. The van der Waals surface area contributed by atoms with E-state index < -0.39 is 0 Å². The van der Waals surface area contributed by atoms with Crippen molar-refractivity contribution in [1.29, 1.82) is 0 Å². The van der Waals surface area contributed by atoms with Crippen molar-refractivity contribution in [2.45, 2.75) is 25.4 Å². The molecule has 1 saturated carbocycles. The molecule has 1 aliphatic rings. The fourth-order valence-corrected chi connectivity index (χ4v) is 1.98. The minimum Gasteiger partial charge on any atom is -0.495 e. The highest BCUT2D eigenvalue weighted by atomic mass is 16.5. The van der Waals surface area contributed by atoms with E-state index in [1.807, 2.05) is 24.7 Å². The molecule has 1 fully saturated rings. The van der Waals surface area contributed by atoms with Crippen molar-refractivity contribution in [3.63, 3.8) is 0 Å². The summed E-state index contributed by atoms with van der Waals surface area (Å²) >= 11 is 0. The summed E-state index contributed by atoms with van der Waals surface area (Å²) in [5, 5.41) is 3.49. The molecule has 0 unspecified atom stereocenters. The molecule has 3 rings (SSSR count). The van der Waals surface area contributed by atoms with E-state index in [1.165, 1.54) is 18.4 Å². The molecule has 0 atom stereocenters. The zero-order chi connectivity index (χ0) is 13.1. The van der Waals surface area contributed by atoms with Crippen LogP contribution in [0.25, 0.3) is 11.1 Å². The minimum absolute atomic E-state index is 0.710. The van der Waals surface area contributed by atoms with Gasteiger partial charge < -0.3 is 10.1 Å². The Bertz CT molecular complexity index is 567. The molecule has 98 valence electrons. The molecule has 2 aromatic rings. The van der Waals surface area contributed by atoms with E-state index in [0.717, 1.165) is 23.4 Å². The van der Waals surface area contributed by atoms with Crippen LogP contribution in [-0.2, 0) is 6.54 Å². The smallest absolute Gasteiger partial charge is 0.137 e. The van der Waals surface area contributed by atoms with Crippen molar-refractivity contribution in [2.75, 3.05) is 7.11 Å². The number of rotatable bonds is 5. The Kier molecular flexibility index (Phi) is 3.42. The first-order valence-corrected chi connectivity index (χ1v) is 6.52. The number of nitrogens with one attached hydrogen (secondary N) is 1. The molecule has 19 heavy (non-hydrogen) atoms. The van der Waals surface area contributed by atoms with Gasteiger partial charge in [-0.3, -0.25) is 9.97 Å². The van der Waals surface area contributed by atoms with E-state index in [9.17, 15) is 0 Å². The lowest BCUT2D eigenvalue weighted by molar-refractivity contribution is 0.413. The van der Waals surface area contributed by atoms with Crippen molar-refractivity contribution in [1.82, 2.24) is 15.3 Å². The van der Waals surface area contributed by atoms with Gasteiger partial charge in [0.05, 0.1) is 13.3 Å². The summed E-state index contributed by atoms with van der Waals surface area (Å²) in [6, 6.07) is 4.84. The number of hydrogen-bond donors (Lipinski definition) is 1. The Morgan fingerprint density at radius 3 is 2.58 bits per heavy atom. The van der Waals surface area contributed by atoms with Gasteiger partial charge in [0.2, 0.25) is 0 Å². The summed E-state index contributed by atoms with van der Waals surface area (Å²) in [5.74, 6) is 0.763. The third kappa shape index (κ3) is 3.09. The number of ether oxygens (including phenoxy) is 1. The molecule has 0 aliphatic heterocycles. The first-order chi connectivity index (χ1) is 9.35. The first-order valence-electron chi connectivity index (χ1n) is 6.52. The molecule has 4 nitrogen and oxygen atoms in total. The van der Waals surface area contributed by atoms with Crippen LogP contribution in [0.5, 0.6) is 5.75 Å². The maximum Gasteiger partial charge on any atom is 0.137 e. The normalized spacial score (nSPS) is 14.4. The molecular formula is C15H17N3O. The third-order valence-electron chi connectivity index (χ3n) is 3.25. The van der Waals surface area contributed by atoms with Crippen molar-refractivity contribution in [2.24, 2.45) is 0 Å². The monoisotopic (exact) mass is 255 g/mol. The van der Waals surface area contributed by atoms with Gasteiger partial charge >= 0.3 is 0 Å². The number of hydrogen-bond acceptors (Lipinski definition) is 4. The average Bonchev–Trinajstić information content (AvgIpc) is 3.30. The first kappa shape index (κ1) is 12.1. The van der Waals surface area contributed by atoms with E-state index in [1.54, 1.807) is 13.3 Å². The fraction of sp³-hybridized carbons (Fsp3) is 0.333.